The van der Waals surface area contributed by atoms with Gasteiger partial charge in [0.1, 0.15) is 116 Å². The molecule has 17 N–H and O–H groups in total. The fourth-order valence-electron chi connectivity index (χ4n) is 7.97. The van der Waals surface area contributed by atoms with Crippen LogP contribution in [-0.4, -0.2) is 287 Å². The van der Waals surface area contributed by atoms with Crippen LogP contribution in [0.5, 0.6) is 0 Å². The summed E-state index contributed by atoms with van der Waals surface area (Å²) in [7, 11) is 0. The second kappa shape index (κ2) is 22.5. The van der Waals surface area contributed by atoms with E-state index >= 15 is 0 Å². The molecule has 6 rings (SSSR count). The van der Waals surface area contributed by atoms with Gasteiger partial charge in [-0.1, -0.05) is 0 Å². The number of rotatable bonds is 17. The molecule has 0 aliphatic carbocycles. The van der Waals surface area contributed by atoms with Crippen LogP contribution in [0.2, 0.25) is 0 Å². The number of alkyl carbamates (subject to hydrolysis) is 1. The van der Waals surface area contributed by atoms with Gasteiger partial charge in [-0.3, -0.25) is 0 Å². The number of nitrogens with one attached hydrogen (secondary N) is 1. The van der Waals surface area contributed by atoms with E-state index in [0.717, 1.165) is 0 Å². The number of carbonyl (C=O) groups is 1. The highest BCUT2D eigenvalue weighted by atomic mass is 16.8. The van der Waals surface area contributed by atoms with Crippen molar-refractivity contribution in [3.8, 4) is 12.3 Å². The van der Waals surface area contributed by atoms with Crippen LogP contribution in [0.25, 0.3) is 0 Å². The van der Waals surface area contributed by atoms with Crippen molar-refractivity contribution in [1.29, 1.82) is 0 Å². The average molecular weight is 964 g/mol. The lowest BCUT2D eigenvalue weighted by atomic mass is 9.95. The van der Waals surface area contributed by atoms with Crippen LogP contribution in [0.15, 0.2) is 10.2 Å². The van der Waals surface area contributed by atoms with Gasteiger partial charge in [-0.15, -0.1) is 12.3 Å². The van der Waals surface area contributed by atoms with Crippen molar-refractivity contribution < 1.29 is 134 Å². The summed E-state index contributed by atoms with van der Waals surface area (Å²) in [4.78, 5) is 12.5. The maximum absolute atomic E-state index is 12.5. The normalized spacial score (nSPS) is 48.0. The summed E-state index contributed by atoms with van der Waals surface area (Å²) in [5.74, 6) is 2.34. The molecule has 30 heteroatoms. The Morgan fingerprint density at radius 3 is 1.20 bits per heavy atom. The highest BCUT2D eigenvalue weighted by molar-refractivity contribution is 5.67. The van der Waals surface area contributed by atoms with Crippen molar-refractivity contribution in [1.82, 2.24) is 5.32 Å². The van der Waals surface area contributed by atoms with Crippen molar-refractivity contribution in [3.63, 3.8) is 0 Å². The van der Waals surface area contributed by atoms with Crippen molar-refractivity contribution in [2.45, 2.75) is 166 Å². The average Bonchev–Trinajstić information content (AvgIpc) is 4.08. The van der Waals surface area contributed by atoms with Crippen LogP contribution < -0.4 is 5.32 Å². The number of nitrogens with zero attached hydrogens (tertiary/aromatic N) is 2. The smallest absolute Gasteiger partial charge is 0.407 e. The number of aliphatic hydroxyl groups is 16. The first kappa shape index (κ1) is 52.8. The van der Waals surface area contributed by atoms with Crippen LogP contribution in [0, 0.1) is 12.3 Å². The summed E-state index contributed by atoms with van der Waals surface area (Å²) in [6, 6.07) is 0. The highest BCUT2D eigenvalue weighted by Gasteiger charge is 2.57. The molecule has 0 spiro atoms. The number of amides is 1. The van der Waals surface area contributed by atoms with Gasteiger partial charge in [-0.05, 0) is 0 Å². The van der Waals surface area contributed by atoms with E-state index in [9.17, 15) is 86.5 Å². The Kier molecular flexibility index (Phi) is 18.0. The monoisotopic (exact) mass is 963 g/mol. The molecular formula is C36H57N3O27. The summed E-state index contributed by atoms with van der Waals surface area (Å²) < 4.78 is 55.0. The first-order valence-electron chi connectivity index (χ1n) is 20.6. The van der Waals surface area contributed by atoms with Gasteiger partial charge in [0.25, 0.3) is 0 Å². The molecule has 1 amide bonds. The largest absolute Gasteiger partial charge is 0.438 e. The van der Waals surface area contributed by atoms with E-state index in [4.69, 9.17) is 53.8 Å². The third-order valence-electron chi connectivity index (χ3n) is 11.8. The van der Waals surface area contributed by atoms with Crippen LogP contribution in [0.3, 0.4) is 0 Å². The van der Waals surface area contributed by atoms with Crippen molar-refractivity contribution >= 4 is 6.09 Å². The Balaban J connectivity index is 1.06. The lowest BCUT2D eigenvalue weighted by Crippen LogP contribution is -2.68. The molecule has 5 saturated heterocycles. The van der Waals surface area contributed by atoms with E-state index < -0.39 is 198 Å². The molecule has 5 fully saturated rings. The molecule has 0 saturated carbocycles. The van der Waals surface area contributed by atoms with Gasteiger partial charge in [0.05, 0.1) is 46.0 Å². The molecule has 0 bridgehead atoms. The highest BCUT2D eigenvalue weighted by Crippen LogP contribution is 2.36. The number of aliphatic hydroxyl groups excluding tert-OH is 16. The number of ether oxygens (including phenoxy) is 10. The lowest BCUT2D eigenvalue weighted by molar-refractivity contribution is -0.392. The van der Waals surface area contributed by atoms with Gasteiger partial charge in [-0.2, -0.15) is 10.2 Å². The molecule has 6 aliphatic rings. The van der Waals surface area contributed by atoms with E-state index in [-0.39, 0.29) is 13.0 Å². The fourth-order valence-corrected chi connectivity index (χ4v) is 7.97. The van der Waals surface area contributed by atoms with Gasteiger partial charge in [0.2, 0.25) is 5.66 Å². The van der Waals surface area contributed by atoms with Crippen molar-refractivity contribution in [3.05, 3.63) is 0 Å². The third-order valence-corrected chi connectivity index (χ3v) is 11.8. The zero-order chi connectivity index (χ0) is 48.4. The molecular weight excluding hydrogens is 906 g/mol. The molecule has 0 radical (unpaired) electrons. The molecule has 66 heavy (non-hydrogen) atoms. The summed E-state index contributed by atoms with van der Waals surface area (Å²) in [6.45, 7) is -4.89. The van der Waals surface area contributed by atoms with Gasteiger partial charge >= 0.3 is 6.09 Å². The van der Waals surface area contributed by atoms with Crippen LogP contribution in [0.1, 0.15) is 6.42 Å². The minimum Gasteiger partial charge on any atom is -0.438 e. The predicted octanol–water partition coefficient (Wildman–Crippen LogP) is -11.0. The predicted molar refractivity (Wildman–Crippen MR) is 200 cm³/mol. The molecule has 378 valence electrons. The first-order valence-corrected chi connectivity index (χ1v) is 20.6. The second-order valence-electron chi connectivity index (χ2n) is 16.2. The van der Waals surface area contributed by atoms with Gasteiger partial charge in [-0.25, -0.2) is 4.79 Å². The van der Waals surface area contributed by atoms with Gasteiger partial charge in [0, 0.05) is 0 Å². The SMILES string of the molecule is C#CCC1(CNC(=O)OC2C(O)OC(CO)[C@@H](O[C@H]3OC(CO)[C@@H](O[C@H]4OC(CO)[C@@H](O[C@H]5OC(CO)[C@@H](O[C@H]6OC(CO)[C@@H](O)[C@H](O)C6O)[C@H](O)C5O)[C@H](O)C4O)[C@H](O)C3O)[C@@H]2O)N=N1. The molecule has 6 aliphatic heterocycles. The molecule has 25 atom stereocenters. The molecule has 0 aromatic rings. The number of hydrogen-bond donors (Lipinski definition) is 17. The zero-order valence-electron chi connectivity index (χ0n) is 34.5. The number of terminal acetylenes is 1. The molecule has 0 aromatic carbocycles. The Labute approximate surface area is 372 Å². The van der Waals surface area contributed by atoms with Gasteiger partial charge in [0.15, 0.2) is 37.6 Å². The van der Waals surface area contributed by atoms with E-state index in [1.807, 2.05) is 0 Å². The first-order chi connectivity index (χ1) is 31.4. The van der Waals surface area contributed by atoms with E-state index in [0.29, 0.717) is 0 Å². The standard InChI is InChI=1S/C36H57N3O27/c1-2-3-36(38-39-36)9-37-35(56)66-29-24(54)28(11(5-41)57-30(29)55)65-34-23(53)19(49)27(14(8-44)61-34)64-33-22(52)18(48)26(13(7-43)60-33)63-32-21(51)17(47)25(12(6-42)59-32)62-31-20(50)16(46)15(45)10(4-40)58-31/h1,10-34,40-55H,3-9H2,(H,37,56)/t10?,11?,12?,13?,14?,15-,16+,17-,18-,19-,20?,21?,22?,23?,24+,25-,26-,27-,28-,29?,30?,31-,32-,33-,34-/m1/s1. The maximum Gasteiger partial charge on any atom is 0.407 e. The number of carbonyl (C=O) groups excluding carboxylic acids is 1. The number of hydrogen-bond acceptors (Lipinski definition) is 29. The van der Waals surface area contributed by atoms with Crippen LogP contribution in [-0.2, 0) is 47.4 Å². The van der Waals surface area contributed by atoms with Crippen LogP contribution >= 0.6 is 0 Å². The summed E-state index contributed by atoms with van der Waals surface area (Å²) in [6.07, 6.45) is -42.8. The third kappa shape index (κ3) is 11.1. The van der Waals surface area contributed by atoms with E-state index in [2.05, 4.69) is 21.5 Å². The lowest BCUT2D eigenvalue weighted by Gasteiger charge is -2.49. The molecule has 30 nitrogen and oxygen atoms in total. The Bertz CT molecular complexity index is 1640. The molecule has 6 heterocycles. The fraction of sp³-hybridized carbons (Fsp3) is 0.917. The summed E-state index contributed by atoms with van der Waals surface area (Å²) in [5, 5.41) is 179. The van der Waals surface area contributed by atoms with Crippen LogP contribution in [0.4, 0.5) is 4.79 Å². The Hall–Kier alpha value is -2.57. The Morgan fingerprint density at radius 2 is 0.833 bits per heavy atom. The molecule has 11 unspecified atom stereocenters. The topological polar surface area (TPSA) is 470 Å². The minimum absolute atomic E-state index is 0.0634. The maximum atomic E-state index is 12.5. The zero-order valence-corrected chi connectivity index (χ0v) is 34.5. The van der Waals surface area contributed by atoms with Gasteiger partial charge < -0.3 is 134 Å². The summed E-state index contributed by atoms with van der Waals surface area (Å²) >= 11 is 0. The Morgan fingerprint density at radius 1 is 0.485 bits per heavy atom. The molecule has 0 aromatic heterocycles. The van der Waals surface area contributed by atoms with Crippen molar-refractivity contribution in [2.75, 3.05) is 39.6 Å². The second-order valence-corrected chi connectivity index (χ2v) is 16.2. The van der Waals surface area contributed by atoms with E-state index in [1.54, 1.807) is 0 Å². The van der Waals surface area contributed by atoms with E-state index in [1.165, 1.54) is 0 Å². The summed E-state index contributed by atoms with van der Waals surface area (Å²) in [5.41, 5.74) is -1.05. The quantitative estimate of drug-likeness (QED) is 0.0602. The minimum atomic E-state index is -2.16. The van der Waals surface area contributed by atoms with Crippen molar-refractivity contribution in [2.24, 2.45) is 10.2 Å².